The van der Waals surface area contributed by atoms with Crippen LogP contribution < -0.4 is 10.1 Å². The van der Waals surface area contributed by atoms with E-state index < -0.39 is 17.7 Å². The second-order valence-corrected chi connectivity index (χ2v) is 5.64. The third-order valence-corrected chi connectivity index (χ3v) is 4.04. The van der Waals surface area contributed by atoms with Gasteiger partial charge >= 0.3 is 0 Å². The zero-order valence-electron chi connectivity index (χ0n) is 13.4. The van der Waals surface area contributed by atoms with E-state index in [0.29, 0.717) is 16.9 Å². The predicted octanol–water partition coefficient (Wildman–Crippen LogP) is 2.71. The Morgan fingerprint density at radius 3 is 2.25 bits per heavy atom. The van der Waals surface area contributed by atoms with E-state index in [2.05, 4.69) is 5.32 Å². The molecule has 1 fully saturated rings. The quantitative estimate of drug-likeness (QED) is 0.517. The minimum absolute atomic E-state index is 0.0639. The highest BCUT2D eigenvalue weighted by atomic mass is 16.5. The smallest absolute Gasteiger partial charge is 0.293 e. The molecule has 0 saturated carbocycles. The molecule has 5 heteroatoms. The maximum absolute atomic E-state index is 12.2. The number of aliphatic hydroxyl groups is 1. The lowest BCUT2D eigenvalue weighted by Crippen LogP contribution is -2.21. The summed E-state index contributed by atoms with van der Waals surface area (Å²) in [4.78, 5) is 24.1. The number of rotatable bonds is 3. The van der Waals surface area contributed by atoms with Gasteiger partial charge in [0.2, 0.25) is 0 Å². The first-order chi connectivity index (χ1) is 11.5. The Labute approximate surface area is 139 Å². The van der Waals surface area contributed by atoms with Crippen LogP contribution in [-0.4, -0.2) is 23.9 Å². The molecule has 1 heterocycles. The molecule has 1 unspecified atom stereocenters. The Kier molecular flexibility index (Phi) is 4.08. The average molecular weight is 323 g/mol. The molecule has 3 rings (SSSR count). The van der Waals surface area contributed by atoms with Gasteiger partial charge < -0.3 is 15.2 Å². The second kappa shape index (κ2) is 6.20. The third-order valence-electron chi connectivity index (χ3n) is 4.04. The molecule has 1 saturated heterocycles. The molecule has 0 aliphatic carbocycles. The van der Waals surface area contributed by atoms with Gasteiger partial charge in [-0.2, -0.15) is 0 Å². The molecule has 5 nitrogen and oxygen atoms in total. The normalized spacial score (nSPS) is 19.2. The maximum Gasteiger partial charge on any atom is 0.293 e. The monoisotopic (exact) mass is 323 g/mol. The number of Topliss-reactive ketones (excluding diaryl/α,β-unsaturated/α-hetero) is 1. The van der Waals surface area contributed by atoms with Gasteiger partial charge in [0.05, 0.1) is 18.7 Å². The molecule has 0 radical (unpaired) electrons. The van der Waals surface area contributed by atoms with Gasteiger partial charge in [0.1, 0.15) is 11.5 Å². The van der Waals surface area contributed by atoms with Crippen LogP contribution in [-0.2, 0) is 9.59 Å². The topological polar surface area (TPSA) is 75.6 Å². The maximum atomic E-state index is 12.2. The van der Waals surface area contributed by atoms with Gasteiger partial charge in [-0.3, -0.25) is 9.59 Å². The van der Waals surface area contributed by atoms with Gasteiger partial charge in [-0.1, -0.05) is 42.0 Å². The van der Waals surface area contributed by atoms with Crippen molar-refractivity contribution in [3.63, 3.8) is 0 Å². The standard InChI is InChI=1S/C19H17NO4/c1-11-3-5-13(6-4-11)17(21)15-16(20-19(23)18(15)22)12-7-9-14(24-2)10-8-12/h3-10,16,21H,1-2H3,(H,20,23). The Balaban J connectivity index is 2.07. The van der Waals surface area contributed by atoms with Gasteiger partial charge in [-0.25, -0.2) is 0 Å². The summed E-state index contributed by atoms with van der Waals surface area (Å²) in [5.74, 6) is -0.944. The van der Waals surface area contributed by atoms with Crippen molar-refractivity contribution in [2.24, 2.45) is 0 Å². The first-order valence-electron chi connectivity index (χ1n) is 7.50. The van der Waals surface area contributed by atoms with Crippen LogP contribution in [0.25, 0.3) is 5.76 Å². The lowest BCUT2D eigenvalue weighted by Gasteiger charge is -2.14. The second-order valence-electron chi connectivity index (χ2n) is 5.64. The highest BCUT2D eigenvalue weighted by Gasteiger charge is 2.39. The molecule has 1 aliphatic heterocycles. The highest BCUT2D eigenvalue weighted by Crippen LogP contribution is 2.33. The van der Waals surface area contributed by atoms with E-state index in [-0.39, 0.29) is 11.3 Å². The van der Waals surface area contributed by atoms with Crippen molar-refractivity contribution in [1.82, 2.24) is 5.32 Å². The Hall–Kier alpha value is -3.08. The van der Waals surface area contributed by atoms with E-state index in [1.165, 1.54) is 0 Å². The summed E-state index contributed by atoms with van der Waals surface area (Å²) >= 11 is 0. The number of hydrogen-bond donors (Lipinski definition) is 2. The van der Waals surface area contributed by atoms with E-state index in [0.717, 1.165) is 5.56 Å². The lowest BCUT2D eigenvalue weighted by molar-refractivity contribution is -0.133. The minimum atomic E-state index is -0.718. The Morgan fingerprint density at radius 1 is 1.04 bits per heavy atom. The molecular formula is C19H17NO4. The molecule has 2 aromatic carbocycles. The van der Waals surface area contributed by atoms with Crippen LogP contribution in [0.1, 0.15) is 22.7 Å². The first kappa shape index (κ1) is 15.8. The van der Waals surface area contributed by atoms with E-state index in [9.17, 15) is 14.7 Å². The lowest BCUT2D eigenvalue weighted by atomic mass is 9.95. The summed E-state index contributed by atoms with van der Waals surface area (Å²) < 4.78 is 5.11. The summed E-state index contributed by atoms with van der Waals surface area (Å²) in [5, 5.41) is 13.2. The van der Waals surface area contributed by atoms with Gasteiger partial charge in [-0.05, 0) is 24.6 Å². The number of hydrogen-bond acceptors (Lipinski definition) is 4. The zero-order chi connectivity index (χ0) is 17.3. The number of carbonyl (C=O) groups is 2. The number of ether oxygens (including phenoxy) is 1. The van der Waals surface area contributed by atoms with Gasteiger partial charge in [0, 0.05) is 5.56 Å². The van der Waals surface area contributed by atoms with Crippen molar-refractivity contribution in [1.29, 1.82) is 0 Å². The van der Waals surface area contributed by atoms with E-state index in [1.807, 2.05) is 19.1 Å². The highest BCUT2D eigenvalue weighted by molar-refractivity contribution is 6.46. The fraction of sp³-hybridized carbons (Fsp3) is 0.158. The largest absolute Gasteiger partial charge is 0.507 e. The van der Waals surface area contributed by atoms with Gasteiger partial charge in [0.15, 0.2) is 0 Å². The summed E-state index contributed by atoms with van der Waals surface area (Å²) in [6, 6.07) is 13.4. The van der Waals surface area contributed by atoms with Crippen molar-refractivity contribution >= 4 is 17.4 Å². The number of amides is 1. The molecule has 0 spiro atoms. The van der Waals surface area contributed by atoms with E-state index in [4.69, 9.17) is 4.74 Å². The first-order valence-corrected chi connectivity index (χ1v) is 7.50. The number of benzene rings is 2. The van der Waals surface area contributed by atoms with Gasteiger partial charge in [0.25, 0.3) is 11.7 Å². The molecule has 1 aliphatic rings. The number of ketones is 1. The minimum Gasteiger partial charge on any atom is -0.507 e. The van der Waals surface area contributed by atoms with E-state index in [1.54, 1.807) is 43.5 Å². The van der Waals surface area contributed by atoms with Crippen molar-refractivity contribution in [2.75, 3.05) is 7.11 Å². The summed E-state index contributed by atoms with van der Waals surface area (Å²) in [6.07, 6.45) is 0. The molecule has 24 heavy (non-hydrogen) atoms. The molecule has 1 amide bonds. The van der Waals surface area contributed by atoms with Crippen molar-refractivity contribution in [3.8, 4) is 5.75 Å². The SMILES string of the molecule is COc1ccc(C2NC(=O)C(=O)C2=C(O)c2ccc(C)cc2)cc1. The Morgan fingerprint density at radius 2 is 1.67 bits per heavy atom. The molecular weight excluding hydrogens is 306 g/mol. The fourth-order valence-corrected chi connectivity index (χ4v) is 2.68. The number of carbonyl (C=O) groups excluding carboxylic acids is 2. The van der Waals surface area contributed by atoms with E-state index >= 15 is 0 Å². The van der Waals surface area contributed by atoms with Crippen LogP contribution in [0, 0.1) is 6.92 Å². The number of aliphatic hydroxyl groups excluding tert-OH is 1. The van der Waals surface area contributed by atoms with Crippen LogP contribution in [0.2, 0.25) is 0 Å². The number of nitrogens with one attached hydrogen (secondary N) is 1. The van der Waals surface area contributed by atoms with Crippen LogP contribution in [0.3, 0.4) is 0 Å². The molecule has 0 aromatic heterocycles. The van der Waals surface area contributed by atoms with Crippen LogP contribution in [0.4, 0.5) is 0 Å². The molecule has 2 N–H and O–H groups in total. The summed E-state index contributed by atoms with van der Waals surface area (Å²) in [7, 11) is 1.56. The molecule has 0 bridgehead atoms. The van der Waals surface area contributed by atoms with Gasteiger partial charge in [-0.15, -0.1) is 0 Å². The predicted molar refractivity (Wildman–Crippen MR) is 89.6 cm³/mol. The van der Waals surface area contributed by atoms with Crippen molar-refractivity contribution < 1.29 is 19.4 Å². The van der Waals surface area contributed by atoms with Crippen LogP contribution >= 0.6 is 0 Å². The van der Waals surface area contributed by atoms with Crippen molar-refractivity contribution in [2.45, 2.75) is 13.0 Å². The molecule has 2 aromatic rings. The molecule has 1 atom stereocenters. The number of methoxy groups -OCH3 is 1. The zero-order valence-corrected chi connectivity index (χ0v) is 13.4. The third kappa shape index (κ3) is 2.76. The number of aryl methyl sites for hydroxylation is 1. The van der Waals surface area contributed by atoms with Crippen molar-refractivity contribution in [3.05, 3.63) is 70.8 Å². The average Bonchev–Trinajstić information content (AvgIpc) is 2.90. The Bertz CT molecular complexity index is 819. The summed E-state index contributed by atoms with van der Waals surface area (Å²) in [6.45, 7) is 1.93. The summed E-state index contributed by atoms with van der Waals surface area (Å²) in [5.41, 5.74) is 2.30. The molecule has 122 valence electrons. The fourth-order valence-electron chi connectivity index (χ4n) is 2.68. The van der Waals surface area contributed by atoms with Crippen LogP contribution in [0.15, 0.2) is 54.1 Å². The van der Waals surface area contributed by atoms with Crippen LogP contribution in [0.5, 0.6) is 5.75 Å².